The topological polar surface area (TPSA) is 85.3 Å². The average molecular weight is 505 g/mol. The van der Waals surface area contributed by atoms with Crippen LogP contribution >= 0.6 is 35.6 Å². The summed E-state index contributed by atoms with van der Waals surface area (Å²) in [5.41, 5.74) is 1.21. The minimum atomic E-state index is -0.535. The molecule has 1 saturated heterocycles. The molecule has 0 atom stereocenters. The zero-order valence-corrected chi connectivity index (χ0v) is 19.8. The number of ether oxygens (including phenoxy) is 3. The van der Waals surface area contributed by atoms with Gasteiger partial charge in [-0.15, -0.1) is 12.4 Å². The maximum absolute atomic E-state index is 13.1. The molecule has 174 valence electrons. The van der Waals surface area contributed by atoms with Crippen molar-refractivity contribution in [3.63, 3.8) is 0 Å². The Balaban J connectivity index is 0.00000363. The fraction of sp³-hybridized carbons (Fsp3) is 0.364. The van der Waals surface area contributed by atoms with E-state index in [0.29, 0.717) is 30.9 Å². The lowest BCUT2D eigenvalue weighted by atomic mass is 10.00. The van der Waals surface area contributed by atoms with Crippen LogP contribution in [-0.2, 0) is 20.8 Å². The number of phenolic OH excluding ortho intramolecular Hbond substituents is 1. The second-order valence-electron chi connectivity index (χ2n) is 6.89. The summed E-state index contributed by atoms with van der Waals surface area (Å²) in [7, 11) is 0. The third-order valence-electron chi connectivity index (χ3n) is 4.78. The molecule has 0 aliphatic carbocycles. The maximum atomic E-state index is 13.1. The first kappa shape index (κ1) is 26.2. The Kier molecular flexibility index (Phi) is 10.1. The molecule has 7 nitrogen and oxygen atoms in total. The van der Waals surface area contributed by atoms with Gasteiger partial charge in [-0.1, -0.05) is 23.2 Å². The normalized spacial score (nSPS) is 13.8. The van der Waals surface area contributed by atoms with E-state index in [-0.39, 0.29) is 58.5 Å². The summed E-state index contributed by atoms with van der Waals surface area (Å²) < 4.78 is 15.5. The largest absolute Gasteiger partial charge is 0.508 e. The van der Waals surface area contributed by atoms with Gasteiger partial charge >= 0.3 is 5.97 Å². The van der Waals surface area contributed by atoms with Gasteiger partial charge in [0.2, 0.25) is 0 Å². The van der Waals surface area contributed by atoms with Gasteiger partial charge in [0.1, 0.15) is 16.5 Å². The minimum Gasteiger partial charge on any atom is -0.508 e. The number of benzene rings is 2. The molecule has 2 aromatic carbocycles. The first-order valence-corrected chi connectivity index (χ1v) is 10.6. The SMILES string of the molecule is CCOC(=O)COc1ccc(C(=O)c2ccc(O)c(CN3CCOCC3)c2)c(Cl)c1Cl.Cl. The van der Waals surface area contributed by atoms with Gasteiger partial charge in [0.25, 0.3) is 0 Å². The van der Waals surface area contributed by atoms with Crippen molar-refractivity contribution in [1.29, 1.82) is 0 Å². The van der Waals surface area contributed by atoms with Crippen LogP contribution < -0.4 is 4.74 Å². The van der Waals surface area contributed by atoms with Crippen molar-refractivity contribution < 1.29 is 28.9 Å². The Hall–Kier alpha value is -2.03. The van der Waals surface area contributed by atoms with Gasteiger partial charge in [0.05, 0.1) is 24.8 Å². The Bertz CT molecular complexity index is 963. The van der Waals surface area contributed by atoms with E-state index < -0.39 is 5.97 Å². The number of hydrogen-bond donors (Lipinski definition) is 1. The Morgan fingerprint density at radius 2 is 1.84 bits per heavy atom. The highest BCUT2D eigenvalue weighted by molar-refractivity contribution is 6.45. The first-order chi connectivity index (χ1) is 14.9. The molecule has 1 fully saturated rings. The summed E-state index contributed by atoms with van der Waals surface area (Å²) in [4.78, 5) is 26.7. The Morgan fingerprint density at radius 1 is 1.12 bits per heavy atom. The molecule has 0 saturated carbocycles. The summed E-state index contributed by atoms with van der Waals surface area (Å²) >= 11 is 12.6. The summed E-state index contributed by atoms with van der Waals surface area (Å²) in [6.45, 7) is 4.91. The molecule has 0 spiro atoms. The van der Waals surface area contributed by atoms with Crippen molar-refractivity contribution in [1.82, 2.24) is 4.90 Å². The van der Waals surface area contributed by atoms with Gasteiger partial charge in [-0.25, -0.2) is 4.79 Å². The lowest BCUT2D eigenvalue weighted by Gasteiger charge is -2.27. The van der Waals surface area contributed by atoms with Gasteiger partial charge in [-0.05, 0) is 37.3 Å². The minimum absolute atomic E-state index is 0. The number of esters is 1. The second-order valence-corrected chi connectivity index (χ2v) is 7.65. The second kappa shape index (κ2) is 12.3. The number of carbonyl (C=O) groups excluding carboxylic acids is 2. The van der Waals surface area contributed by atoms with Gasteiger partial charge in [0.15, 0.2) is 12.4 Å². The van der Waals surface area contributed by atoms with E-state index in [1.165, 1.54) is 24.3 Å². The molecule has 0 unspecified atom stereocenters. The van der Waals surface area contributed by atoms with Crippen molar-refractivity contribution >= 4 is 47.4 Å². The molecule has 10 heteroatoms. The molecule has 2 aromatic rings. The third kappa shape index (κ3) is 6.49. The summed E-state index contributed by atoms with van der Waals surface area (Å²) in [5, 5.41) is 10.3. The van der Waals surface area contributed by atoms with Gasteiger partial charge < -0.3 is 19.3 Å². The van der Waals surface area contributed by atoms with Crippen molar-refractivity contribution in [2.45, 2.75) is 13.5 Å². The van der Waals surface area contributed by atoms with Crippen LogP contribution in [0.3, 0.4) is 0 Å². The highest BCUT2D eigenvalue weighted by Crippen LogP contribution is 2.36. The van der Waals surface area contributed by atoms with E-state index >= 15 is 0 Å². The number of morpholine rings is 1. The smallest absolute Gasteiger partial charge is 0.344 e. The average Bonchev–Trinajstić information content (AvgIpc) is 2.77. The molecule has 0 bridgehead atoms. The molecular weight excluding hydrogens is 481 g/mol. The number of ketones is 1. The van der Waals surface area contributed by atoms with Crippen LogP contribution in [0.4, 0.5) is 0 Å². The molecule has 3 rings (SSSR count). The number of halogens is 3. The standard InChI is InChI=1S/C22H23Cl2NO6.ClH/c1-2-30-19(27)13-31-18-6-4-16(20(23)21(18)24)22(28)14-3-5-17(26)15(11-14)12-25-7-9-29-10-8-25;/h3-6,11,26H,2,7-10,12-13H2,1H3;1H. The zero-order valence-electron chi connectivity index (χ0n) is 17.4. The molecule has 32 heavy (non-hydrogen) atoms. The fourth-order valence-corrected chi connectivity index (χ4v) is 3.63. The number of phenols is 1. The van der Waals surface area contributed by atoms with Crippen LogP contribution in [0.1, 0.15) is 28.4 Å². The van der Waals surface area contributed by atoms with E-state index in [2.05, 4.69) is 4.90 Å². The number of nitrogens with zero attached hydrogens (tertiary/aromatic N) is 1. The predicted molar refractivity (Wildman–Crippen MR) is 123 cm³/mol. The number of rotatable bonds is 8. The third-order valence-corrected chi connectivity index (χ3v) is 5.65. The first-order valence-electron chi connectivity index (χ1n) is 9.83. The Morgan fingerprint density at radius 3 is 2.53 bits per heavy atom. The molecule has 1 aliphatic rings. The Labute approximate surface area is 202 Å². The number of carbonyl (C=O) groups is 2. The lowest BCUT2D eigenvalue weighted by molar-refractivity contribution is -0.145. The molecule has 1 aliphatic heterocycles. The summed E-state index contributed by atoms with van der Waals surface area (Å²) in [5.74, 6) is -0.580. The molecule has 0 amide bonds. The van der Waals surface area contributed by atoms with Gasteiger partial charge in [0, 0.05) is 36.3 Å². The van der Waals surface area contributed by atoms with Gasteiger partial charge in [-0.2, -0.15) is 0 Å². The molecule has 0 aromatic heterocycles. The van der Waals surface area contributed by atoms with Crippen LogP contribution in [-0.4, -0.2) is 61.3 Å². The van der Waals surface area contributed by atoms with Crippen LogP contribution in [0.2, 0.25) is 10.0 Å². The highest BCUT2D eigenvalue weighted by atomic mass is 35.5. The highest BCUT2D eigenvalue weighted by Gasteiger charge is 2.20. The van der Waals surface area contributed by atoms with Gasteiger partial charge in [-0.3, -0.25) is 9.69 Å². The maximum Gasteiger partial charge on any atom is 0.344 e. The van der Waals surface area contributed by atoms with Crippen LogP contribution in [0.25, 0.3) is 0 Å². The van der Waals surface area contributed by atoms with E-state index in [4.69, 9.17) is 37.4 Å². The molecular formula is C22H24Cl3NO6. The van der Waals surface area contributed by atoms with Crippen molar-refractivity contribution in [3.05, 3.63) is 57.1 Å². The number of aromatic hydroxyl groups is 1. The lowest BCUT2D eigenvalue weighted by Crippen LogP contribution is -2.35. The predicted octanol–water partition coefficient (Wildman–Crippen LogP) is 4.13. The molecule has 1 heterocycles. The summed E-state index contributed by atoms with van der Waals surface area (Å²) in [6, 6.07) is 7.66. The van der Waals surface area contributed by atoms with Crippen molar-refractivity contribution in [3.8, 4) is 11.5 Å². The van der Waals surface area contributed by atoms with E-state index in [0.717, 1.165) is 13.1 Å². The number of hydrogen-bond acceptors (Lipinski definition) is 7. The summed E-state index contributed by atoms with van der Waals surface area (Å²) in [6.07, 6.45) is 0. The van der Waals surface area contributed by atoms with Crippen LogP contribution in [0, 0.1) is 0 Å². The van der Waals surface area contributed by atoms with E-state index in [1.807, 2.05) is 0 Å². The van der Waals surface area contributed by atoms with Crippen LogP contribution in [0.5, 0.6) is 11.5 Å². The quantitative estimate of drug-likeness (QED) is 0.427. The fourth-order valence-electron chi connectivity index (χ4n) is 3.17. The monoisotopic (exact) mass is 503 g/mol. The van der Waals surface area contributed by atoms with E-state index in [9.17, 15) is 14.7 Å². The van der Waals surface area contributed by atoms with Crippen LogP contribution in [0.15, 0.2) is 30.3 Å². The van der Waals surface area contributed by atoms with E-state index in [1.54, 1.807) is 13.0 Å². The zero-order chi connectivity index (χ0) is 22.4. The molecule has 1 N–H and O–H groups in total. The van der Waals surface area contributed by atoms with Crippen molar-refractivity contribution in [2.75, 3.05) is 39.5 Å². The van der Waals surface area contributed by atoms with Crippen molar-refractivity contribution in [2.24, 2.45) is 0 Å². The molecule has 0 radical (unpaired) electrons.